The van der Waals surface area contributed by atoms with Crippen molar-refractivity contribution in [3.05, 3.63) is 59.7 Å². The van der Waals surface area contributed by atoms with E-state index in [1.807, 2.05) is 24.3 Å². The van der Waals surface area contributed by atoms with Crippen LogP contribution in [0.1, 0.15) is 38.8 Å². The van der Waals surface area contributed by atoms with Crippen LogP contribution in [-0.4, -0.2) is 44.0 Å². The average molecular weight is 458 g/mol. The summed E-state index contributed by atoms with van der Waals surface area (Å²) in [6, 6.07) is 12.5. The Morgan fingerprint density at radius 3 is 2.09 bits per heavy atom. The van der Waals surface area contributed by atoms with Crippen LogP contribution in [0.4, 0.5) is 10.5 Å². The monoisotopic (exact) mass is 457 g/mol. The lowest BCUT2D eigenvalue weighted by atomic mass is 9.84. The van der Waals surface area contributed by atoms with Gasteiger partial charge < -0.3 is 10.6 Å². The first-order valence-corrected chi connectivity index (χ1v) is 12.0. The van der Waals surface area contributed by atoms with Gasteiger partial charge in [0.2, 0.25) is 5.91 Å². The Hall–Kier alpha value is -3.20. The van der Waals surface area contributed by atoms with Crippen LogP contribution in [0.3, 0.4) is 0 Å². The van der Waals surface area contributed by atoms with Crippen molar-refractivity contribution in [2.75, 3.05) is 18.1 Å². The van der Waals surface area contributed by atoms with Crippen LogP contribution in [0.15, 0.2) is 53.4 Å². The van der Waals surface area contributed by atoms with Crippen LogP contribution in [0.25, 0.3) is 0 Å². The number of nitrogens with zero attached hydrogens (tertiary/aromatic N) is 1. The molecule has 0 saturated carbocycles. The van der Waals surface area contributed by atoms with Crippen molar-refractivity contribution in [2.24, 2.45) is 0 Å². The van der Waals surface area contributed by atoms with E-state index in [0.29, 0.717) is 11.3 Å². The summed E-state index contributed by atoms with van der Waals surface area (Å²) in [5, 5.41) is 5.26. The van der Waals surface area contributed by atoms with Gasteiger partial charge in [-0.15, -0.1) is 0 Å². The number of sulfone groups is 1. The zero-order chi connectivity index (χ0) is 23.9. The van der Waals surface area contributed by atoms with Crippen molar-refractivity contribution in [1.29, 1.82) is 0 Å². The van der Waals surface area contributed by atoms with Crippen LogP contribution in [0.5, 0.6) is 0 Å². The van der Waals surface area contributed by atoms with E-state index in [1.54, 1.807) is 6.92 Å². The first kappa shape index (κ1) is 23.5. The van der Waals surface area contributed by atoms with E-state index in [2.05, 4.69) is 31.4 Å². The average Bonchev–Trinajstić information content (AvgIpc) is 2.91. The fourth-order valence-electron chi connectivity index (χ4n) is 3.47. The highest BCUT2D eigenvalue weighted by molar-refractivity contribution is 7.90. The van der Waals surface area contributed by atoms with Gasteiger partial charge in [-0.3, -0.25) is 14.5 Å². The zero-order valence-corrected chi connectivity index (χ0v) is 19.5. The van der Waals surface area contributed by atoms with E-state index in [4.69, 9.17) is 0 Å². The lowest BCUT2D eigenvalue weighted by molar-refractivity contribution is -0.133. The number of carbonyl (C=O) groups excluding carboxylic acids is 3. The fraction of sp³-hybridized carbons (Fsp3) is 0.348. The zero-order valence-electron chi connectivity index (χ0n) is 18.7. The van der Waals surface area contributed by atoms with Crippen molar-refractivity contribution in [3.8, 4) is 0 Å². The number of hydrogen-bond acceptors (Lipinski definition) is 5. The predicted molar refractivity (Wildman–Crippen MR) is 121 cm³/mol. The molecular weight excluding hydrogens is 430 g/mol. The quantitative estimate of drug-likeness (QED) is 0.671. The molecule has 1 unspecified atom stereocenters. The van der Waals surface area contributed by atoms with Gasteiger partial charge in [0.1, 0.15) is 12.1 Å². The maximum Gasteiger partial charge on any atom is 0.325 e. The molecule has 0 aromatic heterocycles. The topological polar surface area (TPSA) is 113 Å². The number of hydrogen-bond donors (Lipinski definition) is 2. The molecule has 1 fully saturated rings. The molecule has 2 aromatic rings. The highest BCUT2D eigenvalue weighted by Crippen LogP contribution is 2.31. The molecule has 4 amide bonds. The number of anilines is 1. The second-order valence-corrected chi connectivity index (χ2v) is 11.1. The minimum atomic E-state index is -3.35. The van der Waals surface area contributed by atoms with Crippen LogP contribution < -0.4 is 10.6 Å². The molecule has 2 N–H and O–H groups in total. The molecule has 1 atom stereocenters. The molecule has 1 saturated heterocycles. The fourth-order valence-corrected chi connectivity index (χ4v) is 4.10. The minimum Gasteiger partial charge on any atom is -0.325 e. The molecule has 170 valence electrons. The number of nitrogens with one attached hydrogen (secondary N) is 2. The lowest BCUT2D eigenvalue weighted by Crippen LogP contribution is -2.42. The van der Waals surface area contributed by atoms with Crippen LogP contribution in [0, 0.1) is 0 Å². The van der Waals surface area contributed by atoms with Gasteiger partial charge in [-0.05, 0) is 47.7 Å². The highest BCUT2D eigenvalue weighted by Gasteiger charge is 2.49. The summed E-state index contributed by atoms with van der Waals surface area (Å²) in [7, 11) is -3.35. The number of imide groups is 1. The predicted octanol–water partition coefficient (Wildman–Crippen LogP) is 2.79. The second kappa shape index (κ2) is 8.05. The van der Waals surface area contributed by atoms with Crippen molar-refractivity contribution in [1.82, 2.24) is 10.2 Å². The Labute approximate surface area is 187 Å². The third-order valence-corrected chi connectivity index (χ3v) is 6.60. The molecule has 9 heteroatoms. The maximum atomic E-state index is 13.1. The number of amides is 4. The van der Waals surface area contributed by atoms with Crippen molar-refractivity contribution < 1.29 is 22.8 Å². The SMILES string of the molecule is CC(C)(C)c1ccc(C2(C)NC(=O)N(CC(=O)Nc3ccc(S(C)(=O)=O)cc3)C2=O)cc1. The van der Waals surface area contributed by atoms with Gasteiger partial charge in [-0.1, -0.05) is 45.0 Å². The molecule has 1 aliphatic rings. The van der Waals surface area contributed by atoms with E-state index in [-0.39, 0.29) is 10.3 Å². The van der Waals surface area contributed by atoms with E-state index in [1.165, 1.54) is 24.3 Å². The van der Waals surface area contributed by atoms with Gasteiger partial charge in [0.25, 0.3) is 5.91 Å². The smallest absolute Gasteiger partial charge is 0.325 e. The van der Waals surface area contributed by atoms with Crippen molar-refractivity contribution >= 4 is 33.4 Å². The first-order chi connectivity index (χ1) is 14.7. The maximum absolute atomic E-state index is 13.1. The van der Waals surface area contributed by atoms with Gasteiger partial charge in [-0.2, -0.15) is 0 Å². The van der Waals surface area contributed by atoms with Gasteiger partial charge in [0.15, 0.2) is 9.84 Å². The third kappa shape index (κ3) is 4.67. The molecule has 0 spiro atoms. The summed E-state index contributed by atoms with van der Waals surface area (Å²) in [4.78, 5) is 39.0. The minimum absolute atomic E-state index is 0.0496. The highest BCUT2D eigenvalue weighted by atomic mass is 32.2. The van der Waals surface area contributed by atoms with Crippen LogP contribution in [-0.2, 0) is 30.4 Å². The number of carbonyl (C=O) groups is 3. The molecule has 3 rings (SSSR count). The lowest BCUT2D eigenvalue weighted by Gasteiger charge is -2.24. The molecule has 1 aliphatic heterocycles. The summed E-state index contributed by atoms with van der Waals surface area (Å²) in [5.74, 6) is -1.10. The van der Waals surface area contributed by atoms with Crippen molar-refractivity contribution in [2.45, 2.75) is 43.5 Å². The second-order valence-electron chi connectivity index (χ2n) is 9.12. The van der Waals surface area contributed by atoms with E-state index in [0.717, 1.165) is 16.7 Å². The standard InChI is InChI=1S/C23H27N3O5S/c1-22(2,3)15-6-8-16(9-7-15)23(4)20(28)26(21(29)25-23)14-19(27)24-17-10-12-18(13-11-17)32(5,30)31/h6-13H,14H2,1-5H3,(H,24,27)(H,25,29). The first-order valence-electron chi connectivity index (χ1n) is 10.1. The molecule has 2 aromatic carbocycles. The summed E-state index contributed by atoms with van der Waals surface area (Å²) in [6.07, 6.45) is 1.09. The summed E-state index contributed by atoms with van der Waals surface area (Å²) >= 11 is 0. The normalized spacial score (nSPS) is 19.1. The summed E-state index contributed by atoms with van der Waals surface area (Å²) in [6.45, 7) is 7.40. The molecule has 8 nitrogen and oxygen atoms in total. The number of benzene rings is 2. The van der Waals surface area contributed by atoms with E-state index in [9.17, 15) is 22.8 Å². The van der Waals surface area contributed by atoms with Crippen LogP contribution >= 0.6 is 0 Å². The van der Waals surface area contributed by atoms with Gasteiger partial charge in [-0.25, -0.2) is 13.2 Å². The number of urea groups is 1. The van der Waals surface area contributed by atoms with E-state index >= 15 is 0 Å². The summed E-state index contributed by atoms with van der Waals surface area (Å²) in [5.41, 5.74) is 0.759. The number of rotatable bonds is 5. The summed E-state index contributed by atoms with van der Waals surface area (Å²) < 4.78 is 23.1. The third-order valence-electron chi connectivity index (χ3n) is 5.47. The van der Waals surface area contributed by atoms with E-state index < -0.39 is 39.8 Å². The Morgan fingerprint density at radius 2 is 1.59 bits per heavy atom. The molecular formula is C23H27N3O5S. The Balaban J connectivity index is 1.72. The van der Waals surface area contributed by atoms with Gasteiger partial charge in [0.05, 0.1) is 4.90 Å². The molecule has 32 heavy (non-hydrogen) atoms. The molecule has 0 radical (unpaired) electrons. The Bertz CT molecular complexity index is 1170. The Morgan fingerprint density at radius 1 is 1.03 bits per heavy atom. The van der Waals surface area contributed by atoms with Crippen LogP contribution in [0.2, 0.25) is 0 Å². The Kier molecular flexibility index (Phi) is 5.90. The molecule has 0 aliphatic carbocycles. The van der Waals surface area contributed by atoms with Gasteiger partial charge >= 0.3 is 6.03 Å². The molecule has 1 heterocycles. The van der Waals surface area contributed by atoms with Gasteiger partial charge in [0, 0.05) is 11.9 Å². The van der Waals surface area contributed by atoms with Crippen molar-refractivity contribution in [3.63, 3.8) is 0 Å². The molecule has 0 bridgehead atoms. The largest absolute Gasteiger partial charge is 0.325 e.